The standard InChI is InChI=1S/C26H23ClN2O5S3/c1-33-22-16-23(34-2)21(15-20(22)27)28-26(30)25(17-7-4-3-5-8-17)36-19-12-10-18(11-13-19)29-37(31,32)24-9-6-14-35-24/h3-16,25,29H,1-2H3,(H,28,30). The molecule has 11 heteroatoms. The van der Waals surface area contributed by atoms with Crippen molar-refractivity contribution in [1.29, 1.82) is 0 Å². The number of amides is 1. The predicted octanol–water partition coefficient (Wildman–Crippen LogP) is 6.69. The fraction of sp³-hybridized carbons (Fsp3) is 0.115. The van der Waals surface area contributed by atoms with Crippen molar-refractivity contribution in [2.75, 3.05) is 24.3 Å². The molecule has 0 fully saturated rings. The number of nitrogens with one attached hydrogen (secondary N) is 2. The quantitative estimate of drug-likeness (QED) is 0.205. The van der Waals surface area contributed by atoms with E-state index in [0.29, 0.717) is 27.9 Å². The molecule has 3 aromatic carbocycles. The van der Waals surface area contributed by atoms with Gasteiger partial charge in [-0.15, -0.1) is 23.1 Å². The molecule has 1 atom stereocenters. The van der Waals surface area contributed by atoms with Gasteiger partial charge in [0.2, 0.25) is 5.91 Å². The molecule has 2 N–H and O–H groups in total. The van der Waals surface area contributed by atoms with Crippen LogP contribution in [0.3, 0.4) is 0 Å². The molecule has 0 saturated heterocycles. The van der Waals surface area contributed by atoms with Crippen molar-refractivity contribution in [3.05, 3.63) is 94.8 Å². The van der Waals surface area contributed by atoms with Crippen molar-refractivity contribution < 1.29 is 22.7 Å². The molecule has 0 saturated carbocycles. The first kappa shape index (κ1) is 26.9. The Balaban J connectivity index is 1.56. The summed E-state index contributed by atoms with van der Waals surface area (Å²) >= 11 is 8.75. The lowest BCUT2D eigenvalue weighted by atomic mass is 10.1. The molecular weight excluding hydrogens is 552 g/mol. The lowest BCUT2D eigenvalue weighted by Crippen LogP contribution is -2.19. The number of anilines is 2. The van der Waals surface area contributed by atoms with Crippen LogP contribution in [0.5, 0.6) is 11.5 Å². The molecule has 37 heavy (non-hydrogen) atoms. The van der Waals surface area contributed by atoms with E-state index in [1.54, 1.807) is 53.9 Å². The minimum atomic E-state index is -3.65. The lowest BCUT2D eigenvalue weighted by Gasteiger charge is -2.19. The van der Waals surface area contributed by atoms with E-state index in [4.69, 9.17) is 21.1 Å². The Labute approximate surface area is 228 Å². The van der Waals surface area contributed by atoms with Gasteiger partial charge in [-0.05, 0) is 47.3 Å². The molecule has 4 aromatic rings. The topological polar surface area (TPSA) is 93.7 Å². The number of halogens is 1. The van der Waals surface area contributed by atoms with Gasteiger partial charge in [0.25, 0.3) is 10.0 Å². The van der Waals surface area contributed by atoms with Gasteiger partial charge in [0, 0.05) is 16.6 Å². The third kappa shape index (κ3) is 6.58. The molecular formula is C26H23ClN2O5S3. The Morgan fingerprint density at radius 1 is 0.946 bits per heavy atom. The zero-order valence-electron chi connectivity index (χ0n) is 19.8. The number of hydrogen-bond acceptors (Lipinski definition) is 7. The highest BCUT2D eigenvalue weighted by atomic mass is 35.5. The van der Waals surface area contributed by atoms with Crippen molar-refractivity contribution in [2.45, 2.75) is 14.4 Å². The van der Waals surface area contributed by atoms with E-state index >= 15 is 0 Å². The average Bonchev–Trinajstić information content (AvgIpc) is 3.45. The molecule has 1 aromatic heterocycles. The van der Waals surface area contributed by atoms with Gasteiger partial charge in [0.05, 0.1) is 24.9 Å². The number of sulfonamides is 1. The van der Waals surface area contributed by atoms with Crippen LogP contribution in [0, 0.1) is 0 Å². The van der Waals surface area contributed by atoms with Gasteiger partial charge in [-0.2, -0.15) is 0 Å². The van der Waals surface area contributed by atoms with Gasteiger partial charge in [0.15, 0.2) is 0 Å². The first-order chi connectivity index (χ1) is 17.8. The Hall–Kier alpha value is -3.18. The van der Waals surface area contributed by atoms with Crippen LogP contribution in [0.25, 0.3) is 0 Å². The Bertz CT molecular complexity index is 1460. The van der Waals surface area contributed by atoms with Crippen LogP contribution in [-0.4, -0.2) is 28.5 Å². The van der Waals surface area contributed by atoms with Gasteiger partial charge in [-0.3, -0.25) is 9.52 Å². The number of hydrogen-bond donors (Lipinski definition) is 2. The van der Waals surface area contributed by atoms with Gasteiger partial charge in [-0.1, -0.05) is 48.0 Å². The molecule has 0 bridgehead atoms. The maximum atomic E-state index is 13.5. The van der Waals surface area contributed by atoms with E-state index in [9.17, 15) is 13.2 Å². The summed E-state index contributed by atoms with van der Waals surface area (Å²) in [5.74, 6) is 0.562. The van der Waals surface area contributed by atoms with E-state index in [0.717, 1.165) is 21.8 Å². The number of ether oxygens (including phenoxy) is 2. The van der Waals surface area contributed by atoms with Crippen LogP contribution in [0.4, 0.5) is 11.4 Å². The number of methoxy groups -OCH3 is 2. The third-order valence-electron chi connectivity index (χ3n) is 5.19. The van der Waals surface area contributed by atoms with Gasteiger partial charge >= 0.3 is 0 Å². The van der Waals surface area contributed by atoms with E-state index in [1.807, 2.05) is 30.3 Å². The molecule has 0 aliphatic carbocycles. The fourth-order valence-corrected chi connectivity index (χ4v) is 6.73. The first-order valence-electron chi connectivity index (χ1n) is 10.9. The summed E-state index contributed by atoms with van der Waals surface area (Å²) in [6, 6.07) is 22.6. The highest BCUT2D eigenvalue weighted by molar-refractivity contribution is 8.00. The SMILES string of the molecule is COc1cc(OC)c(NC(=O)C(Sc2ccc(NS(=O)(=O)c3cccs3)cc2)c2ccccc2)cc1Cl. The van der Waals surface area contributed by atoms with Crippen LogP contribution >= 0.6 is 34.7 Å². The average molecular weight is 575 g/mol. The molecule has 1 amide bonds. The smallest absolute Gasteiger partial charge is 0.271 e. The highest BCUT2D eigenvalue weighted by Gasteiger charge is 2.24. The zero-order valence-corrected chi connectivity index (χ0v) is 23.0. The maximum absolute atomic E-state index is 13.5. The lowest BCUT2D eigenvalue weighted by molar-refractivity contribution is -0.115. The summed E-state index contributed by atoms with van der Waals surface area (Å²) in [5, 5.41) is 4.35. The summed E-state index contributed by atoms with van der Waals surface area (Å²) in [6.07, 6.45) is 0. The predicted molar refractivity (Wildman–Crippen MR) is 150 cm³/mol. The van der Waals surface area contributed by atoms with Crippen molar-refractivity contribution in [2.24, 2.45) is 0 Å². The van der Waals surface area contributed by atoms with E-state index in [-0.39, 0.29) is 10.1 Å². The molecule has 0 aliphatic heterocycles. The number of thioether (sulfide) groups is 1. The summed E-state index contributed by atoms with van der Waals surface area (Å²) in [4.78, 5) is 14.3. The Kier molecular flexibility index (Phi) is 8.65. The number of carbonyl (C=O) groups excluding carboxylic acids is 1. The second-order valence-corrected chi connectivity index (χ2v) is 12.1. The van der Waals surface area contributed by atoms with Crippen LogP contribution < -0.4 is 19.5 Å². The van der Waals surface area contributed by atoms with Gasteiger partial charge in [-0.25, -0.2) is 8.42 Å². The summed E-state index contributed by atoms with van der Waals surface area (Å²) in [7, 11) is -0.651. The monoisotopic (exact) mass is 574 g/mol. The first-order valence-corrected chi connectivity index (χ1v) is 14.5. The van der Waals surface area contributed by atoms with Gasteiger partial charge in [0.1, 0.15) is 21.0 Å². The van der Waals surface area contributed by atoms with Crippen LogP contribution in [0.1, 0.15) is 10.8 Å². The summed E-state index contributed by atoms with van der Waals surface area (Å²) < 4.78 is 38.5. The Morgan fingerprint density at radius 3 is 2.27 bits per heavy atom. The molecule has 1 unspecified atom stereocenters. The van der Waals surface area contributed by atoms with Gasteiger partial charge < -0.3 is 14.8 Å². The van der Waals surface area contributed by atoms with Crippen molar-refractivity contribution >= 4 is 62.0 Å². The molecule has 7 nitrogen and oxygen atoms in total. The molecule has 192 valence electrons. The third-order valence-corrected chi connectivity index (χ3v) is 9.53. The van der Waals surface area contributed by atoms with Crippen molar-refractivity contribution in [1.82, 2.24) is 0 Å². The second-order valence-electron chi connectivity index (χ2n) is 7.65. The summed E-state index contributed by atoms with van der Waals surface area (Å²) in [6.45, 7) is 0. The van der Waals surface area contributed by atoms with Crippen molar-refractivity contribution in [3.8, 4) is 11.5 Å². The van der Waals surface area contributed by atoms with E-state index in [2.05, 4.69) is 10.0 Å². The molecule has 0 aliphatic rings. The van der Waals surface area contributed by atoms with Crippen LogP contribution in [0.2, 0.25) is 5.02 Å². The number of rotatable bonds is 10. The van der Waals surface area contributed by atoms with E-state index in [1.165, 1.54) is 26.0 Å². The normalized spacial score (nSPS) is 12.0. The molecule has 0 radical (unpaired) electrons. The van der Waals surface area contributed by atoms with E-state index < -0.39 is 15.3 Å². The second kappa shape index (κ2) is 11.9. The Morgan fingerprint density at radius 2 is 1.65 bits per heavy atom. The zero-order chi connectivity index (χ0) is 26.4. The minimum Gasteiger partial charge on any atom is -0.495 e. The van der Waals surface area contributed by atoms with Crippen LogP contribution in [0.15, 0.2) is 93.3 Å². The van der Waals surface area contributed by atoms with Crippen LogP contribution in [-0.2, 0) is 14.8 Å². The molecule has 1 heterocycles. The number of thiophene rings is 1. The molecule has 4 rings (SSSR count). The number of benzene rings is 3. The largest absolute Gasteiger partial charge is 0.495 e. The highest BCUT2D eigenvalue weighted by Crippen LogP contribution is 2.40. The number of carbonyl (C=O) groups is 1. The maximum Gasteiger partial charge on any atom is 0.271 e. The minimum absolute atomic E-state index is 0.237. The fourth-order valence-electron chi connectivity index (χ4n) is 3.42. The van der Waals surface area contributed by atoms with Crippen molar-refractivity contribution in [3.63, 3.8) is 0 Å². The molecule has 0 spiro atoms. The summed E-state index contributed by atoms with van der Waals surface area (Å²) in [5.41, 5.74) is 1.64.